The van der Waals surface area contributed by atoms with E-state index >= 15 is 0 Å². The smallest absolute Gasteiger partial charge is 0.241 e. The molecule has 1 heterocycles. The highest BCUT2D eigenvalue weighted by atomic mass is 32.2. The lowest BCUT2D eigenvalue weighted by atomic mass is 10.2. The van der Waals surface area contributed by atoms with Gasteiger partial charge in [-0.1, -0.05) is 18.2 Å². The third kappa shape index (κ3) is 3.33. The minimum Gasteiger partial charge on any atom is -0.342 e. The van der Waals surface area contributed by atoms with Gasteiger partial charge in [0.1, 0.15) is 0 Å². The molecule has 0 aliphatic carbocycles. The van der Waals surface area contributed by atoms with E-state index in [0.717, 1.165) is 25.9 Å². The summed E-state index contributed by atoms with van der Waals surface area (Å²) < 4.78 is 26.6. The summed E-state index contributed by atoms with van der Waals surface area (Å²) in [5.74, 6) is -0.158. The van der Waals surface area contributed by atoms with Crippen LogP contribution in [0, 0.1) is 6.92 Å². The molecule has 1 aliphatic heterocycles. The standard InChI is InChI=1S/C13H18N2O3S/c1-11-6-2-3-7-12(11)19(17,18)14-10-13(16)15-8-4-5-9-15/h2-3,6-7,14H,4-5,8-10H2,1H3. The summed E-state index contributed by atoms with van der Waals surface area (Å²) in [7, 11) is -3.61. The Bertz CT molecular complexity index is 563. The first kappa shape index (κ1) is 14.0. The fourth-order valence-electron chi connectivity index (χ4n) is 2.17. The Morgan fingerprint density at radius 1 is 1.26 bits per heavy atom. The van der Waals surface area contributed by atoms with Gasteiger partial charge in [0.15, 0.2) is 0 Å². The zero-order valence-corrected chi connectivity index (χ0v) is 11.7. The molecule has 0 radical (unpaired) electrons. The van der Waals surface area contributed by atoms with Crippen molar-refractivity contribution in [3.8, 4) is 0 Å². The lowest BCUT2D eigenvalue weighted by Crippen LogP contribution is -2.38. The monoisotopic (exact) mass is 282 g/mol. The predicted octanol–water partition coefficient (Wildman–Crippen LogP) is 0.896. The number of hydrogen-bond donors (Lipinski definition) is 1. The number of nitrogens with one attached hydrogen (secondary N) is 1. The molecule has 0 spiro atoms. The topological polar surface area (TPSA) is 66.5 Å². The third-order valence-electron chi connectivity index (χ3n) is 3.26. The first-order chi connectivity index (χ1) is 9.00. The summed E-state index contributed by atoms with van der Waals surface area (Å²) >= 11 is 0. The molecule has 1 amide bonds. The molecule has 1 saturated heterocycles. The molecule has 2 rings (SSSR count). The zero-order chi connectivity index (χ0) is 13.9. The number of likely N-dealkylation sites (tertiary alicyclic amines) is 1. The molecule has 0 aromatic heterocycles. The molecule has 1 fully saturated rings. The van der Waals surface area contributed by atoms with Crippen LogP contribution < -0.4 is 4.72 Å². The number of hydrogen-bond acceptors (Lipinski definition) is 3. The number of carbonyl (C=O) groups is 1. The molecule has 1 N–H and O–H groups in total. The molecule has 5 nitrogen and oxygen atoms in total. The predicted molar refractivity (Wildman–Crippen MR) is 72.2 cm³/mol. The number of carbonyl (C=O) groups excluding carboxylic acids is 1. The van der Waals surface area contributed by atoms with Crippen LogP contribution in [-0.4, -0.2) is 38.9 Å². The second-order valence-corrected chi connectivity index (χ2v) is 6.41. The number of rotatable bonds is 4. The quantitative estimate of drug-likeness (QED) is 0.892. The van der Waals surface area contributed by atoms with Crippen molar-refractivity contribution in [3.05, 3.63) is 29.8 Å². The van der Waals surface area contributed by atoms with Gasteiger partial charge >= 0.3 is 0 Å². The van der Waals surface area contributed by atoms with Gasteiger partial charge in [-0.05, 0) is 31.4 Å². The molecular formula is C13H18N2O3S. The van der Waals surface area contributed by atoms with Crippen molar-refractivity contribution in [2.75, 3.05) is 19.6 Å². The van der Waals surface area contributed by atoms with Crippen molar-refractivity contribution >= 4 is 15.9 Å². The molecule has 0 unspecified atom stereocenters. The lowest BCUT2D eigenvalue weighted by Gasteiger charge is -2.16. The molecule has 1 aromatic carbocycles. The van der Waals surface area contributed by atoms with Crippen LogP contribution in [0.15, 0.2) is 29.2 Å². The molecular weight excluding hydrogens is 264 g/mol. The van der Waals surface area contributed by atoms with E-state index in [4.69, 9.17) is 0 Å². The third-order valence-corrected chi connectivity index (χ3v) is 4.82. The largest absolute Gasteiger partial charge is 0.342 e. The van der Waals surface area contributed by atoms with Gasteiger partial charge in [-0.2, -0.15) is 0 Å². The maximum atomic E-state index is 12.1. The summed E-state index contributed by atoms with van der Waals surface area (Å²) in [5.41, 5.74) is 0.670. The zero-order valence-electron chi connectivity index (χ0n) is 10.9. The number of sulfonamides is 1. The van der Waals surface area contributed by atoms with Gasteiger partial charge in [-0.15, -0.1) is 0 Å². The SMILES string of the molecule is Cc1ccccc1S(=O)(=O)NCC(=O)N1CCCC1. The molecule has 0 saturated carbocycles. The minimum absolute atomic E-state index is 0.158. The molecule has 0 atom stereocenters. The van der Waals surface area contributed by atoms with Crippen molar-refractivity contribution < 1.29 is 13.2 Å². The summed E-state index contributed by atoms with van der Waals surface area (Å²) in [6, 6.07) is 6.72. The molecule has 1 aliphatic rings. The van der Waals surface area contributed by atoms with Crippen molar-refractivity contribution in [1.82, 2.24) is 9.62 Å². The second kappa shape index (κ2) is 5.71. The highest BCUT2D eigenvalue weighted by Gasteiger charge is 2.21. The maximum Gasteiger partial charge on any atom is 0.241 e. The molecule has 6 heteroatoms. The van der Waals surface area contributed by atoms with Gasteiger partial charge in [-0.3, -0.25) is 4.79 Å². The molecule has 0 bridgehead atoms. The van der Waals surface area contributed by atoms with Gasteiger partial charge in [0, 0.05) is 13.1 Å². The Morgan fingerprint density at radius 3 is 2.53 bits per heavy atom. The van der Waals surface area contributed by atoms with Crippen molar-refractivity contribution in [2.45, 2.75) is 24.7 Å². The summed E-state index contributed by atoms with van der Waals surface area (Å²) in [5, 5.41) is 0. The highest BCUT2D eigenvalue weighted by molar-refractivity contribution is 7.89. The van der Waals surface area contributed by atoms with Crippen LogP contribution in [0.5, 0.6) is 0 Å². The van der Waals surface area contributed by atoms with E-state index < -0.39 is 10.0 Å². The van der Waals surface area contributed by atoms with Crippen molar-refractivity contribution in [2.24, 2.45) is 0 Å². The van der Waals surface area contributed by atoms with Crippen LogP contribution in [0.2, 0.25) is 0 Å². The van der Waals surface area contributed by atoms with Crippen molar-refractivity contribution in [1.29, 1.82) is 0 Å². The van der Waals surface area contributed by atoms with Gasteiger partial charge < -0.3 is 4.90 Å². The lowest BCUT2D eigenvalue weighted by molar-refractivity contribution is -0.128. The Kier molecular flexibility index (Phi) is 4.21. The van der Waals surface area contributed by atoms with E-state index in [1.165, 1.54) is 6.07 Å². The van der Waals surface area contributed by atoms with Gasteiger partial charge in [0.25, 0.3) is 0 Å². The fraction of sp³-hybridized carbons (Fsp3) is 0.462. The second-order valence-electron chi connectivity index (χ2n) is 4.68. The van der Waals surface area contributed by atoms with E-state index in [9.17, 15) is 13.2 Å². The van der Waals surface area contributed by atoms with E-state index in [0.29, 0.717) is 5.56 Å². The minimum atomic E-state index is -3.61. The summed E-state index contributed by atoms with van der Waals surface area (Å²) in [4.78, 5) is 13.7. The first-order valence-corrected chi connectivity index (χ1v) is 7.82. The number of nitrogens with zero attached hydrogens (tertiary/aromatic N) is 1. The van der Waals surface area contributed by atoms with Crippen LogP contribution in [0.25, 0.3) is 0 Å². The Labute approximate surface area is 113 Å². The van der Waals surface area contributed by atoms with E-state index in [1.54, 1.807) is 30.0 Å². The fourth-order valence-corrected chi connectivity index (χ4v) is 3.39. The van der Waals surface area contributed by atoms with Crippen LogP contribution in [0.4, 0.5) is 0 Å². The Hall–Kier alpha value is -1.40. The summed E-state index contributed by atoms with van der Waals surface area (Å²) in [6.07, 6.45) is 1.99. The number of benzene rings is 1. The van der Waals surface area contributed by atoms with E-state index in [2.05, 4.69) is 4.72 Å². The normalized spacial score (nSPS) is 15.7. The number of amides is 1. The molecule has 104 valence electrons. The maximum absolute atomic E-state index is 12.1. The van der Waals surface area contributed by atoms with Gasteiger partial charge in [0.2, 0.25) is 15.9 Å². The van der Waals surface area contributed by atoms with Crippen LogP contribution in [0.1, 0.15) is 18.4 Å². The Balaban J connectivity index is 2.02. The van der Waals surface area contributed by atoms with E-state index in [-0.39, 0.29) is 17.3 Å². The van der Waals surface area contributed by atoms with Gasteiger partial charge in [-0.25, -0.2) is 13.1 Å². The van der Waals surface area contributed by atoms with Crippen LogP contribution in [0.3, 0.4) is 0 Å². The summed E-state index contributed by atoms with van der Waals surface area (Å²) in [6.45, 7) is 3.02. The van der Waals surface area contributed by atoms with E-state index in [1.807, 2.05) is 0 Å². The van der Waals surface area contributed by atoms with Crippen LogP contribution >= 0.6 is 0 Å². The molecule has 19 heavy (non-hydrogen) atoms. The average Bonchev–Trinajstić information content (AvgIpc) is 2.90. The molecule has 1 aromatic rings. The Morgan fingerprint density at radius 2 is 1.89 bits per heavy atom. The van der Waals surface area contributed by atoms with Gasteiger partial charge in [0.05, 0.1) is 11.4 Å². The average molecular weight is 282 g/mol. The first-order valence-electron chi connectivity index (χ1n) is 6.34. The van der Waals surface area contributed by atoms with Crippen molar-refractivity contribution in [3.63, 3.8) is 0 Å². The highest BCUT2D eigenvalue weighted by Crippen LogP contribution is 2.14. The number of aryl methyl sites for hydroxylation is 1. The van der Waals surface area contributed by atoms with Crippen LogP contribution in [-0.2, 0) is 14.8 Å².